The molecule has 5 N–H and O–H groups in total. The van der Waals surface area contributed by atoms with Gasteiger partial charge in [0.05, 0.1) is 6.61 Å². The normalized spacial score (nSPS) is 23.1. The predicted octanol–water partition coefficient (Wildman–Crippen LogP) is 0.897. The van der Waals surface area contributed by atoms with E-state index in [2.05, 4.69) is 0 Å². The van der Waals surface area contributed by atoms with Gasteiger partial charge in [0.25, 0.3) is 0 Å². The molecule has 2 heterocycles. The predicted molar refractivity (Wildman–Crippen MR) is 126 cm³/mol. The number of phenols is 3. The Morgan fingerprint density at radius 1 is 0.947 bits per heavy atom. The number of hydrogen-bond donors (Lipinski definition) is 5. The first-order valence-electron chi connectivity index (χ1n) is 11.3. The standard InChI is InChI=1S/C25H24O13/c1-10(27)34-22-17(9-26)37-25(20(33)24(22)35-11(2)28)38-23-19(32)18-15(31)7-14(30)8-16(18)36-21(23)12-3-5-13(29)6-4-12/h3-8,17,20,22,24-26,29-31,33H,9H2,1-2H3/t17-,20-,22-,24+,25+/m1/s1. The lowest BCUT2D eigenvalue weighted by atomic mass is 9.98. The smallest absolute Gasteiger partial charge is 0.303 e. The van der Waals surface area contributed by atoms with E-state index in [-0.39, 0.29) is 33.8 Å². The number of rotatable bonds is 6. The summed E-state index contributed by atoms with van der Waals surface area (Å²) in [5, 5.41) is 50.3. The van der Waals surface area contributed by atoms with Crippen molar-refractivity contribution in [3.05, 3.63) is 46.6 Å². The van der Waals surface area contributed by atoms with Crippen LogP contribution in [-0.4, -0.2) is 74.8 Å². The molecule has 13 heteroatoms. The summed E-state index contributed by atoms with van der Waals surface area (Å²) in [6.07, 6.45) is -7.90. The number of carbonyl (C=O) groups excluding carboxylic acids is 2. The number of carbonyl (C=O) groups is 2. The molecule has 0 bridgehead atoms. The number of phenolic OH excluding ortho intramolecular Hbond substituents is 3. The topological polar surface area (TPSA) is 202 Å². The van der Waals surface area contributed by atoms with Gasteiger partial charge < -0.3 is 48.9 Å². The second-order valence-corrected chi connectivity index (χ2v) is 8.46. The highest BCUT2D eigenvalue weighted by Gasteiger charge is 2.50. The summed E-state index contributed by atoms with van der Waals surface area (Å²) in [4.78, 5) is 36.8. The summed E-state index contributed by atoms with van der Waals surface area (Å²) < 4.78 is 27.4. The van der Waals surface area contributed by atoms with Crippen molar-refractivity contribution >= 4 is 22.9 Å². The number of benzene rings is 2. The fourth-order valence-corrected chi connectivity index (χ4v) is 4.09. The highest BCUT2D eigenvalue weighted by molar-refractivity contribution is 5.88. The number of aliphatic hydroxyl groups excluding tert-OH is 2. The maximum Gasteiger partial charge on any atom is 0.303 e. The van der Waals surface area contributed by atoms with Gasteiger partial charge in [-0.15, -0.1) is 0 Å². The molecule has 1 aliphatic rings. The van der Waals surface area contributed by atoms with Crippen LogP contribution in [0.1, 0.15) is 13.8 Å². The van der Waals surface area contributed by atoms with Crippen LogP contribution in [0.15, 0.2) is 45.6 Å². The lowest BCUT2D eigenvalue weighted by molar-refractivity contribution is -0.284. The molecule has 1 fully saturated rings. The van der Waals surface area contributed by atoms with Crippen molar-refractivity contribution in [2.45, 2.75) is 44.6 Å². The van der Waals surface area contributed by atoms with Crippen LogP contribution in [0.4, 0.5) is 0 Å². The first-order chi connectivity index (χ1) is 18.0. The fourth-order valence-electron chi connectivity index (χ4n) is 4.09. The van der Waals surface area contributed by atoms with Crippen molar-refractivity contribution in [2.24, 2.45) is 0 Å². The maximum atomic E-state index is 13.5. The lowest BCUT2D eigenvalue weighted by Gasteiger charge is -2.42. The van der Waals surface area contributed by atoms with Crippen molar-refractivity contribution in [3.63, 3.8) is 0 Å². The Morgan fingerprint density at radius 3 is 2.18 bits per heavy atom. The summed E-state index contributed by atoms with van der Waals surface area (Å²) in [6, 6.07) is 7.40. The Kier molecular flexibility index (Phi) is 7.44. The van der Waals surface area contributed by atoms with Gasteiger partial charge in [0.1, 0.15) is 34.3 Å². The van der Waals surface area contributed by atoms with E-state index in [0.29, 0.717) is 0 Å². The molecule has 1 aliphatic heterocycles. The number of ether oxygens (including phenoxy) is 4. The summed E-state index contributed by atoms with van der Waals surface area (Å²) in [5.74, 6) is -3.53. The molecule has 13 nitrogen and oxygen atoms in total. The zero-order valence-corrected chi connectivity index (χ0v) is 20.1. The van der Waals surface area contributed by atoms with E-state index >= 15 is 0 Å². The molecular formula is C25H24O13. The largest absolute Gasteiger partial charge is 0.508 e. The van der Waals surface area contributed by atoms with Gasteiger partial charge in [0.2, 0.25) is 17.5 Å². The van der Waals surface area contributed by atoms with Gasteiger partial charge in [-0.05, 0) is 24.3 Å². The van der Waals surface area contributed by atoms with Crippen molar-refractivity contribution in [3.8, 4) is 34.3 Å². The van der Waals surface area contributed by atoms with E-state index in [9.17, 15) is 39.9 Å². The third kappa shape index (κ3) is 5.20. The minimum absolute atomic E-state index is 0.0906. The average molecular weight is 532 g/mol. The number of aliphatic hydroxyl groups is 2. The highest BCUT2D eigenvalue weighted by atomic mass is 16.7. The van der Waals surface area contributed by atoms with Crippen LogP contribution in [0.2, 0.25) is 0 Å². The van der Waals surface area contributed by atoms with Gasteiger partial charge >= 0.3 is 11.9 Å². The minimum Gasteiger partial charge on any atom is -0.508 e. The summed E-state index contributed by atoms with van der Waals surface area (Å²) in [5.41, 5.74) is -0.902. The van der Waals surface area contributed by atoms with Crippen LogP contribution in [0.25, 0.3) is 22.3 Å². The molecule has 0 unspecified atom stereocenters. The van der Waals surface area contributed by atoms with E-state index in [4.69, 9.17) is 23.4 Å². The van der Waals surface area contributed by atoms with Gasteiger partial charge in [0.15, 0.2) is 24.1 Å². The average Bonchev–Trinajstić information content (AvgIpc) is 2.84. The second-order valence-electron chi connectivity index (χ2n) is 8.46. The zero-order chi connectivity index (χ0) is 27.7. The first kappa shape index (κ1) is 26.7. The third-order valence-corrected chi connectivity index (χ3v) is 5.68. The Hall–Kier alpha value is -4.33. The molecule has 0 aliphatic carbocycles. The van der Waals surface area contributed by atoms with Gasteiger partial charge in [0, 0.05) is 31.5 Å². The SMILES string of the molecule is CC(=O)O[C@H]1[C@@H](O)[C@H](Oc2c(-c3ccc(O)cc3)oc3cc(O)cc(O)c3c2=O)O[C@H](CO)[C@H]1OC(C)=O. The van der Waals surface area contributed by atoms with Crippen molar-refractivity contribution < 1.29 is 58.5 Å². The number of hydrogen-bond acceptors (Lipinski definition) is 13. The first-order valence-corrected chi connectivity index (χ1v) is 11.3. The third-order valence-electron chi connectivity index (χ3n) is 5.68. The van der Waals surface area contributed by atoms with Gasteiger partial charge in [-0.3, -0.25) is 14.4 Å². The summed E-state index contributed by atoms with van der Waals surface area (Å²) >= 11 is 0. The molecule has 202 valence electrons. The van der Waals surface area contributed by atoms with E-state index < -0.39 is 66.2 Å². The van der Waals surface area contributed by atoms with Crippen LogP contribution in [0.5, 0.6) is 23.0 Å². The molecule has 0 radical (unpaired) electrons. The molecule has 38 heavy (non-hydrogen) atoms. The Labute approximate surface area is 214 Å². The van der Waals surface area contributed by atoms with Crippen LogP contribution >= 0.6 is 0 Å². The molecule has 0 spiro atoms. The zero-order valence-electron chi connectivity index (χ0n) is 20.1. The van der Waals surface area contributed by atoms with E-state index in [1.54, 1.807) is 0 Å². The highest BCUT2D eigenvalue weighted by Crippen LogP contribution is 2.38. The summed E-state index contributed by atoms with van der Waals surface area (Å²) in [6.45, 7) is 1.37. The van der Waals surface area contributed by atoms with Gasteiger partial charge in [-0.1, -0.05) is 0 Å². The van der Waals surface area contributed by atoms with E-state index in [1.165, 1.54) is 24.3 Å². The lowest BCUT2D eigenvalue weighted by Crippen LogP contribution is -2.62. The second kappa shape index (κ2) is 10.6. The molecule has 2 aromatic carbocycles. The molecule has 0 saturated carbocycles. The molecule has 5 atom stereocenters. The van der Waals surface area contributed by atoms with E-state index in [1.807, 2.05) is 0 Å². The van der Waals surface area contributed by atoms with Crippen LogP contribution in [0, 0.1) is 0 Å². The van der Waals surface area contributed by atoms with Crippen LogP contribution < -0.4 is 10.2 Å². The van der Waals surface area contributed by atoms with Crippen LogP contribution in [0.3, 0.4) is 0 Å². The minimum atomic E-state index is -1.83. The number of esters is 2. The maximum absolute atomic E-state index is 13.5. The monoisotopic (exact) mass is 532 g/mol. The molecule has 0 amide bonds. The number of fused-ring (bicyclic) bond motifs is 1. The Bertz CT molecular complexity index is 1410. The van der Waals surface area contributed by atoms with Gasteiger partial charge in [-0.2, -0.15) is 0 Å². The summed E-state index contributed by atoms with van der Waals surface area (Å²) in [7, 11) is 0. The Balaban J connectivity index is 1.85. The van der Waals surface area contributed by atoms with Crippen molar-refractivity contribution in [1.82, 2.24) is 0 Å². The Morgan fingerprint density at radius 2 is 1.58 bits per heavy atom. The molecular weight excluding hydrogens is 508 g/mol. The van der Waals surface area contributed by atoms with E-state index in [0.717, 1.165) is 26.0 Å². The van der Waals surface area contributed by atoms with Crippen molar-refractivity contribution in [2.75, 3.05) is 6.61 Å². The van der Waals surface area contributed by atoms with Crippen LogP contribution in [-0.2, 0) is 23.8 Å². The molecule has 4 rings (SSSR count). The molecule has 3 aromatic rings. The molecule has 1 saturated heterocycles. The van der Waals surface area contributed by atoms with Crippen molar-refractivity contribution in [1.29, 1.82) is 0 Å². The number of aromatic hydroxyl groups is 3. The van der Waals surface area contributed by atoms with Gasteiger partial charge in [-0.25, -0.2) is 0 Å². The fraction of sp³-hybridized carbons (Fsp3) is 0.320. The quantitative estimate of drug-likeness (QED) is 0.280. The molecule has 1 aromatic heterocycles.